The molecule has 0 heterocycles. The minimum Gasteiger partial charge on any atom is -0.612 e. The average molecular weight is 416 g/mol. The molecule has 0 aromatic heterocycles. The average Bonchev–Trinajstić information content (AvgIpc) is 2.75. The third-order valence-electron chi connectivity index (χ3n) is 4.04. The van der Waals surface area contributed by atoms with Crippen LogP contribution in [0.25, 0.3) is 12.2 Å². The first-order valence-corrected chi connectivity index (χ1v) is 10.1. The summed E-state index contributed by atoms with van der Waals surface area (Å²) < 4.78 is 33.5. The Morgan fingerprint density at radius 2 is 1.24 bits per heavy atom. The van der Waals surface area contributed by atoms with Crippen molar-refractivity contribution in [2.45, 2.75) is 0 Å². The molecule has 0 radical (unpaired) electrons. The highest BCUT2D eigenvalue weighted by Gasteiger charge is 2.12. The molecular formula is C22H24O6S. The first-order chi connectivity index (χ1) is 14.0. The van der Waals surface area contributed by atoms with Crippen LogP contribution in [-0.4, -0.2) is 44.5 Å². The van der Waals surface area contributed by atoms with E-state index in [1.807, 2.05) is 0 Å². The van der Waals surface area contributed by atoms with Crippen LogP contribution in [-0.2, 0) is 16.0 Å². The van der Waals surface area contributed by atoms with Gasteiger partial charge in [0.05, 0.1) is 39.6 Å². The molecular weight excluding hydrogens is 392 g/mol. The molecule has 2 rings (SSSR count). The standard InChI is InChI=1S/C22H24O6S/c1-25-19-7-5-8-20(26-2)17(19)12-11-16(23)15-29(24)14-13-18-21(27-3)9-6-10-22(18)28-4/h5-14H,15H2,1-4H3/b12-11+,14-13?. The van der Waals surface area contributed by atoms with Gasteiger partial charge in [-0.3, -0.25) is 4.79 Å². The maximum absolute atomic E-state index is 12.3. The lowest BCUT2D eigenvalue weighted by atomic mass is 10.1. The van der Waals surface area contributed by atoms with Crippen LogP contribution in [0, 0.1) is 0 Å². The summed E-state index contributed by atoms with van der Waals surface area (Å²) in [5.74, 6) is 1.91. The van der Waals surface area contributed by atoms with E-state index < -0.39 is 11.2 Å². The van der Waals surface area contributed by atoms with Crippen molar-refractivity contribution in [3.05, 3.63) is 59.0 Å². The summed E-state index contributed by atoms with van der Waals surface area (Å²) in [6, 6.07) is 10.7. The van der Waals surface area contributed by atoms with E-state index in [2.05, 4.69) is 0 Å². The Morgan fingerprint density at radius 1 is 0.828 bits per heavy atom. The van der Waals surface area contributed by atoms with E-state index in [1.165, 1.54) is 11.5 Å². The molecule has 7 heteroatoms. The molecule has 1 atom stereocenters. The third kappa shape index (κ3) is 6.04. The van der Waals surface area contributed by atoms with Gasteiger partial charge in [0.15, 0.2) is 5.75 Å². The Bertz CT molecular complexity index is 846. The summed E-state index contributed by atoms with van der Waals surface area (Å²) in [6.07, 6.45) is 4.61. The lowest BCUT2D eigenvalue weighted by molar-refractivity contribution is -0.112. The number of rotatable bonds is 10. The summed E-state index contributed by atoms with van der Waals surface area (Å²) in [6.45, 7) is 0. The van der Waals surface area contributed by atoms with Gasteiger partial charge in [-0.1, -0.05) is 12.1 Å². The van der Waals surface area contributed by atoms with Gasteiger partial charge in [0, 0.05) is 6.08 Å². The second-order valence-electron chi connectivity index (χ2n) is 5.78. The first kappa shape index (κ1) is 22.4. The van der Waals surface area contributed by atoms with Gasteiger partial charge in [-0.15, -0.1) is 0 Å². The minimum atomic E-state index is -1.50. The van der Waals surface area contributed by atoms with Gasteiger partial charge in [-0.25, -0.2) is 0 Å². The van der Waals surface area contributed by atoms with Crippen molar-refractivity contribution in [2.24, 2.45) is 0 Å². The maximum Gasteiger partial charge on any atom is 0.205 e. The summed E-state index contributed by atoms with van der Waals surface area (Å²) >= 11 is -1.50. The number of ketones is 1. The molecule has 0 saturated carbocycles. The van der Waals surface area contributed by atoms with Crippen molar-refractivity contribution < 1.29 is 28.3 Å². The molecule has 6 nitrogen and oxygen atoms in total. The molecule has 1 unspecified atom stereocenters. The first-order valence-electron chi connectivity index (χ1n) is 8.72. The minimum absolute atomic E-state index is 0.151. The zero-order valence-corrected chi connectivity index (χ0v) is 17.7. The van der Waals surface area contributed by atoms with Crippen molar-refractivity contribution in [3.8, 4) is 23.0 Å². The van der Waals surface area contributed by atoms with E-state index in [4.69, 9.17) is 18.9 Å². The van der Waals surface area contributed by atoms with E-state index >= 15 is 0 Å². The predicted octanol–water partition coefficient (Wildman–Crippen LogP) is 3.72. The molecule has 2 aromatic rings. The molecule has 0 saturated heterocycles. The van der Waals surface area contributed by atoms with Crippen molar-refractivity contribution in [3.63, 3.8) is 0 Å². The molecule has 0 aliphatic heterocycles. The lowest BCUT2D eigenvalue weighted by Crippen LogP contribution is -2.11. The molecule has 0 spiro atoms. The molecule has 154 valence electrons. The lowest BCUT2D eigenvalue weighted by Gasteiger charge is -2.10. The van der Waals surface area contributed by atoms with Gasteiger partial charge >= 0.3 is 0 Å². The molecule has 0 fully saturated rings. The van der Waals surface area contributed by atoms with Crippen LogP contribution in [0.5, 0.6) is 23.0 Å². The zero-order valence-electron chi connectivity index (χ0n) is 16.8. The van der Waals surface area contributed by atoms with Gasteiger partial charge < -0.3 is 23.5 Å². The summed E-state index contributed by atoms with van der Waals surface area (Å²) in [7, 11) is 6.17. The molecule has 0 amide bonds. The molecule has 0 N–H and O–H groups in total. The van der Waals surface area contributed by atoms with E-state index in [-0.39, 0.29) is 11.5 Å². The van der Waals surface area contributed by atoms with Crippen LogP contribution in [0.15, 0.2) is 47.9 Å². The predicted molar refractivity (Wildman–Crippen MR) is 115 cm³/mol. The highest BCUT2D eigenvalue weighted by atomic mass is 32.2. The summed E-state index contributed by atoms with van der Waals surface area (Å²) in [5.41, 5.74) is 1.30. The summed E-state index contributed by atoms with van der Waals surface area (Å²) in [5, 5.41) is 1.45. The highest BCUT2D eigenvalue weighted by Crippen LogP contribution is 2.30. The van der Waals surface area contributed by atoms with Gasteiger partial charge in [0.1, 0.15) is 28.4 Å². The van der Waals surface area contributed by atoms with Crippen molar-refractivity contribution in [1.82, 2.24) is 0 Å². The van der Waals surface area contributed by atoms with Crippen LogP contribution in [0.3, 0.4) is 0 Å². The number of benzene rings is 2. The van der Waals surface area contributed by atoms with Gasteiger partial charge in [-0.05, 0) is 47.6 Å². The SMILES string of the molecule is COc1cccc(OC)c1C=C[S+]([O-])CC(=O)/C=C/c1c(OC)cccc1OC. The Labute approximate surface area is 173 Å². The van der Waals surface area contributed by atoms with E-state index in [9.17, 15) is 9.35 Å². The maximum atomic E-state index is 12.3. The van der Waals surface area contributed by atoms with Crippen molar-refractivity contribution in [1.29, 1.82) is 0 Å². The molecule has 29 heavy (non-hydrogen) atoms. The molecule has 0 aliphatic carbocycles. The monoisotopic (exact) mass is 416 g/mol. The molecule has 2 aromatic carbocycles. The van der Waals surface area contributed by atoms with E-state index in [0.29, 0.717) is 34.1 Å². The second kappa shape index (κ2) is 11.2. The molecule has 0 aliphatic rings. The van der Waals surface area contributed by atoms with E-state index in [1.54, 1.807) is 77.0 Å². The van der Waals surface area contributed by atoms with Crippen LogP contribution in [0.1, 0.15) is 11.1 Å². The van der Waals surface area contributed by atoms with Gasteiger partial charge in [0.2, 0.25) is 5.78 Å². The zero-order chi connectivity index (χ0) is 21.2. The summed E-state index contributed by atoms with van der Waals surface area (Å²) in [4.78, 5) is 12.2. The number of ether oxygens (including phenoxy) is 4. The van der Waals surface area contributed by atoms with Crippen LogP contribution < -0.4 is 18.9 Å². The second-order valence-corrected chi connectivity index (χ2v) is 7.10. The fraction of sp³-hybridized carbons (Fsp3) is 0.227. The Kier molecular flexibility index (Phi) is 8.64. The Hall–Kier alpha value is -2.90. The number of carbonyl (C=O) groups excluding carboxylic acids is 1. The number of methoxy groups -OCH3 is 4. The largest absolute Gasteiger partial charge is 0.612 e. The van der Waals surface area contributed by atoms with Crippen LogP contribution in [0.4, 0.5) is 0 Å². The highest BCUT2D eigenvalue weighted by molar-refractivity contribution is 7.95. The van der Waals surface area contributed by atoms with Crippen molar-refractivity contribution >= 4 is 29.1 Å². The van der Waals surface area contributed by atoms with Gasteiger partial charge in [-0.2, -0.15) is 0 Å². The van der Waals surface area contributed by atoms with Crippen LogP contribution >= 0.6 is 0 Å². The smallest absolute Gasteiger partial charge is 0.205 e. The fourth-order valence-electron chi connectivity index (χ4n) is 2.64. The topological polar surface area (TPSA) is 77.0 Å². The number of hydrogen-bond acceptors (Lipinski definition) is 6. The normalized spacial score (nSPS) is 12.2. The van der Waals surface area contributed by atoms with Crippen molar-refractivity contribution in [2.75, 3.05) is 34.2 Å². The number of allylic oxidation sites excluding steroid dienone is 1. The van der Waals surface area contributed by atoms with Crippen LogP contribution in [0.2, 0.25) is 0 Å². The van der Waals surface area contributed by atoms with Gasteiger partial charge in [0.25, 0.3) is 0 Å². The number of hydrogen-bond donors (Lipinski definition) is 0. The number of carbonyl (C=O) groups is 1. The molecule has 0 bridgehead atoms. The fourth-order valence-corrected chi connectivity index (χ4v) is 3.41. The Morgan fingerprint density at radius 3 is 1.66 bits per heavy atom. The Balaban J connectivity index is 2.09. The quantitative estimate of drug-likeness (QED) is 0.434. The van der Waals surface area contributed by atoms with E-state index in [0.717, 1.165) is 0 Å². The third-order valence-corrected chi connectivity index (χ3v) is 5.05.